The second-order valence-electron chi connectivity index (χ2n) is 4.53. The van der Waals surface area contributed by atoms with E-state index < -0.39 is 21.0 Å². The largest absolute Gasteiger partial charge is 0.591 e. The van der Waals surface area contributed by atoms with Gasteiger partial charge in [-0.1, -0.05) is 10.5 Å². The molecule has 0 spiro atoms. The zero-order chi connectivity index (χ0) is 13.9. The molecule has 0 heterocycles. The Balaban J connectivity index is 3.09. The minimum Gasteiger partial charge on any atom is -0.591 e. The van der Waals surface area contributed by atoms with Crippen LogP contribution in [0.4, 0.5) is 5.69 Å². The van der Waals surface area contributed by atoms with Gasteiger partial charge in [-0.3, -0.25) is 10.1 Å². The van der Waals surface area contributed by atoms with E-state index in [1.54, 1.807) is 39.0 Å². The summed E-state index contributed by atoms with van der Waals surface area (Å²) in [5, 5.41) is 10.9. The first kappa shape index (κ1) is 15.1. The Morgan fingerprint density at radius 1 is 1.44 bits per heavy atom. The van der Waals surface area contributed by atoms with Crippen LogP contribution in [0.1, 0.15) is 26.3 Å². The summed E-state index contributed by atoms with van der Waals surface area (Å²) in [5.74, 6) is 0. The van der Waals surface area contributed by atoms with Gasteiger partial charge >= 0.3 is 0 Å². The number of nitro benzene ring substituents is 1. The van der Waals surface area contributed by atoms with Gasteiger partial charge in [0.05, 0.1) is 21.2 Å². The Hall–Kier alpha value is -0.920. The molecule has 0 unspecified atom stereocenters. The van der Waals surface area contributed by atoms with Crippen LogP contribution < -0.4 is 0 Å². The fraction of sp³-hybridized carbons (Fsp3) is 0.364. The van der Waals surface area contributed by atoms with Gasteiger partial charge in [-0.25, -0.2) is 0 Å². The van der Waals surface area contributed by atoms with Crippen molar-refractivity contribution in [2.24, 2.45) is 4.40 Å². The third kappa shape index (κ3) is 3.79. The maximum absolute atomic E-state index is 11.7. The van der Waals surface area contributed by atoms with E-state index in [1.807, 2.05) is 0 Å². The molecule has 7 heteroatoms. The van der Waals surface area contributed by atoms with Crippen molar-refractivity contribution < 1.29 is 9.48 Å². The highest BCUT2D eigenvalue weighted by Crippen LogP contribution is 2.28. The van der Waals surface area contributed by atoms with Crippen LogP contribution in [0, 0.1) is 10.1 Å². The third-order valence-corrected chi connectivity index (χ3v) is 4.00. The summed E-state index contributed by atoms with van der Waals surface area (Å²) in [6, 6.07) is 4.81. The van der Waals surface area contributed by atoms with Gasteiger partial charge in [0, 0.05) is 0 Å². The monoisotopic (exact) mass is 332 g/mol. The summed E-state index contributed by atoms with van der Waals surface area (Å²) < 4.78 is 15.5. The number of nitrogens with zero attached hydrogens (tertiary/aromatic N) is 2. The van der Waals surface area contributed by atoms with Gasteiger partial charge in [-0.15, -0.1) is 0 Å². The van der Waals surface area contributed by atoms with E-state index in [4.69, 9.17) is 0 Å². The number of hydrogen-bond acceptors (Lipinski definition) is 4. The van der Waals surface area contributed by atoms with Gasteiger partial charge in [0.15, 0.2) is 0 Å². The highest BCUT2D eigenvalue weighted by atomic mass is 79.9. The predicted molar refractivity (Wildman–Crippen MR) is 76.3 cm³/mol. The molecule has 1 rings (SSSR count). The van der Waals surface area contributed by atoms with Crippen molar-refractivity contribution in [1.82, 2.24) is 0 Å². The fourth-order valence-electron chi connectivity index (χ4n) is 1.09. The van der Waals surface area contributed by atoms with Crippen molar-refractivity contribution in [1.29, 1.82) is 0 Å². The van der Waals surface area contributed by atoms with Crippen LogP contribution in [-0.4, -0.2) is 20.4 Å². The van der Waals surface area contributed by atoms with Crippen LogP contribution in [0.25, 0.3) is 0 Å². The number of benzene rings is 1. The van der Waals surface area contributed by atoms with Gasteiger partial charge < -0.3 is 4.55 Å². The first-order chi connectivity index (χ1) is 8.23. The Morgan fingerprint density at radius 3 is 2.56 bits per heavy atom. The second kappa shape index (κ2) is 5.81. The van der Waals surface area contributed by atoms with Gasteiger partial charge in [0.1, 0.15) is 16.1 Å². The molecule has 1 aromatic rings. The van der Waals surface area contributed by atoms with E-state index in [1.165, 1.54) is 6.21 Å². The highest BCUT2D eigenvalue weighted by Gasteiger charge is 2.26. The van der Waals surface area contributed by atoms with Crippen LogP contribution in [0.3, 0.4) is 0 Å². The number of nitro groups is 1. The van der Waals surface area contributed by atoms with Crippen molar-refractivity contribution in [3.05, 3.63) is 38.3 Å². The zero-order valence-electron chi connectivity index (χ0n) is 10.2. The van der Waals surface area contributed by atoms with Gasteiger partial charge in [-0.05, 0) is 48.8 Å². The molecule has 5 nitrogen and oxygen atoms in total. The van der Waals surface area contributed by atoms with E-state index in [0.29, 0.717) is 10.0 Å². The van der Waals surface area contributed by atoms with Crippen molar-refractivity contribution in [3.8, 4) is 0 Å². The first-order valence-corrected chi connectivity index (χ1v) is 7.02. The van der Waals surface area contributed by atoms with Crippen LogP contribution in [0.5, 0.6) is 0 Å². The highest BCUT2D eigenvalue weighted by molar-refractivity contribution is 9.10. The molecule has 0 aromatic heterocycles. The molecular formula is C11H13BrN2O3S. The Kier molecular flexibility index (Phi) is 4.89. The van der Waals surface area contributed by atoms with Gasteiger partial charge in [0.25, 0.3) is 5.69 Å². The normalized spacial score (nSPS) is 13.8. The summed E-state index contributed by atoms with van der Waals surface area (Å²) in [6.07, 6.45) is 1.28. The lowest BCUT2D eigenvalue weighted by Crippen LogP contribution is -2.25. The lowest BCUT2D eigenvalue weighted by Gasteiger charge is -2.17. The second-order valence-corrected chi connectivity index (χ2v) is 7.32. The van der Waals surface area contributed by atoms with Crippen LogP contribution >= 0.6 is 15.9 Å². The summed E-state index contributed by atoms with van der Waals surface area (Å²) >= 11 is 1.68. The standard InChI is InChI=1S/C11H13BrN2O3S/c1-11(2,3)18(17)13-7-8-5-4-6-9(12)10(8)14(15)16/h4-7H,1-3H3/t18-/m0/s1. The Labute approximate surface area is 117 Å². The zero-order valence-corrected chi connectivity index (χ0v) is 12.6. The van der Waals surface area contributed by atoms with E-state index in [0.717, 1.165) is 0 Å². The molecule has 98 valence electrons. The molecule has 1 aromatic carbocycles. The number of halogens is 1. The minimum absolute atomic E-state index is 0.0767. The SMILES string of the molecule is CC(C)(C)[S@+]([O-])N=Cc1cccc(Br)c1[N+](=O)[O-]. The molecule has 0 fully saturated rings. The minimum atomic E-state index is -1.43. The molecular weight excluding hydrogens is 320 g/mol. The van der Waals surface area contributed by atoms with E-state index in [-0.39, 0.29) is 5.69 Å². The average molecular weight is 333 g/mol. The van der Waals surface area contributed by atoms with E-state index >= 15 is 0 Å². The summed E-state index contributed by atoms with van der Waals surface area (Å²) in [5.41, 5.74) is 0.249. The summed E-state index contributed by atoms with van der Waals surface area (Å²) in [4.78, 5) is 10.4. The first-order valence-electron chi connectivity index (χ1n) is 5.12. The van der Waals surface area contributed by atoms with Gasteiger partial charge in [0.2, 0.25) is 0 Å². The number of rotatable bonds is 3. The van der Waals surface area contributed by atoms with Crippen molar-refractivity contribution in [3.63, 3.8) is 0 Å². The molecule has 0 saturated heterocycles. The molecule has 0 radical (unpaired) electrons. The molecule has 0 bridgehead atoms. The maximum atomic E-state index is 11.7. The molecule has 1 atom stereocenters. The smallest absolute Gasteiger partial charge is 0.292 e. The molecule has 0 saturated carbocycles. The maximum Gasteiger partial charge on any atom is 0.292 e. The summed E-state index contributed by atoms with van der Waals surface area (Å²) in [7, 11) is 0. The molecule has 0 aliphatic heterocycles. The Bertz CT molecular complexity index is 486. The van der Waals surface area contributed by atoms with Gasteiger partial charge in [-0.2, -0.15) is 0 Å². The quantitative estimate of drug-likeness (QED) is 0.369. The van der Waals surface area contributed by atoms with Crippen LogP contribution in [-0.2, 0) is 11.4 Å². The number of hydrogen-bond donors (Lipinski definition) is 0. The molecule has 0 amide bonds. The fourth-order valence-corrected chi connectivity index (χ4v) is 2.14. The predicted octanol–water partition coefficient (Wildman–Crippen LogP) is 3.24. The van der Waals surface area contributed by atoms with E-state index in [2.05, 4.69) is 20.3 Å². The van der Waals surface area contributed by atoms with Crippen molar-refractivity contribution >= 4 is 39.2 Å². The van der Waals surface area contributed by atoms with E-state index in [9.17, 15) is 14.7 Å². The average Bonchev–Trinajstić information content (AvgIpc) is 2.23. The molecule has 0 N–H and O–H groups in total. The third-order valence-electron chi connectivity index (χ3n) is 2.01. The Morgan fingerprint density at radius 2 is 2.06 bits per heavy atom. The van der Waals surface area contributed by atoms with Crippen LogP contribution in [0.2, 0.25) is 0 Å². The van der Waals surface area contributed by atoms with Crippen molar-refractivity contribution in [2.45, 2.75) is 25.5 Å². The molecule has 0 aliphatic carbocycles. The summed E-state index contributed by atoms with van der Waals surface area (Å²) in [6.45, 7) is 5.36. The lowest BCUT2D eigenvalue weighted by atomic mass is 10.2. The lowest BCUT2D eigenvalue weighted by molar-refractivity contribution is -0.385. The molecule has 0 aliphatic rings. The number of para-hydroxylation sites is 1. The molecule has 18 heavy (non-hydrogen) atoms. The van der Waals surface area contributed by atoms with Crippen molar-refractivity contribution in [2.75, 3.05) is 0 Å². The van der Waals surface area contributed by atoms with Crippen LogP contribution in [0.15, 0.2) is 27.1 Å². The topological polar surface area (TPSA) is 78.6 Å².